The van der Waals surface area contributed by atoms with Crippen molar-refractivity contribution in [2.24, 2.45) is 14.1 Å². The zero-order chi connectivity index (χ0) is 27.5. The van der Waals surface area contributed by atoms with Gasteiger partial charge in [0.15, 0.2) is 17.4 Å². The highest BCUT2D eigenvalue weighted by molar-refractivity contribution is 6.02. The van der Waals surface area contributed by atoms with Crippen molar-refractivity contribution in [2.75, 3.05) is 17.7 Å². The third-order valence-electron chi connectivity index (χ3n) is 5.88. The molecule has 0 aliphatic heterocycles. The van der Waals surface area contributed by atoms with Crippen LogP contribution in [0.2, 0.25) is 0 Å². The second-order valence-corrected chi connectivity index (χ2v) is 8.61. The van der Waals surface area contributed by atoms with Gasteiger partial charge in [-0.15, -0.1) is 0 Å². The van der Waals surface area contributed by atoms with E-state index >= 15 is 0 Å². The van der Waals surface area contributed by atoms with Crippen LogP contribution in [-0.4, -0.2) is 52.0 Å². The number of ether oxygens (including phenoxy) is 1. The van der Waals surface area contributed by atoms with E-state index in [1.165, 1.54) is 10.8 Å². The van der Waals surface area contributed by atoms with Crippen LogP contribution in [0.15, 0.2) is 66.2 Å². The van der Waals surface area contributed by atoms with E-state index in [-0.39, 0.29) is 5.78 Å². The number of benzene rings is 1. The van der Waals surface area contributed by atoms with E-state index in [1.54, 1.807) is 74.5 Å². The Bertz CT molecular complexity index is 1720. The molecule has 0 saturated carbocycles. The minimum Gasteiger partial charge on any atom is -0.494 e. The van der Waals surface area contributed by atoms with Crippen LogP contribution in [0.1, 0.15) is 23.7 Å². The van der Waals surface area contributed by atoms with Crippen LogP contribution in [0.5, 0.6) is 5.75 Å². The first kappa shape index (κ1) is 25.3. The first-order valence-electron chi connectivity index (χ1n) is 12.0. The smallest absolute Gasteiger partial charge is 0.354 e. The van der Waals surface area contributed by atoms with Crippen LogP contribution in [-0.2, 0) is 14.1 Å². The summed E-state index contributed by atoms with van der Waals surface area (Å²) >= 11 is 0. The quantitative estimate of drug-likeness (QED) is 0.274. The van der Waals surface area contributed by atoms with Gasteiger partial charge >= 0.3 is 5.69 Å². The summed E-state index contributed by atoms with van der Waals surface area (Å²) in [4.78, 5) is 38.2. The maximum atomic E-state index is 12.7. The molecule has 5 aromatic rings. The first-order valence-corrected chi connectivity index (χ1v) is 12.0. The summed E-state index contributed by atoms with van der Waals surface area (Å²) in [6, 6.07) is 8.87. The number of rotatable bonds is 9. The van der Waals surface area contributed by atoms with Crippen molar-refractivity contribution in [1.29, 1.82) is 0 Å². The highest BCUT2D eigenvalue weighted by atomic mass is 16.5. The second kappa shape index (κ2) is 10.6. The van der Waals surface area contributed by atoms with Crippen LogP contribution in [0.3, 0.4) is 0 Å². The van der Waals surface area contributed by atoms with Crippen molar-refractivity contribution < 1.29 is 9.53 Å². The summed E-state index contributed by atoms with van der Waals surface area (Å²) in [7, 11) is 5.11. The van der Waals surface area contributed by atoms with E-state index in [0.29, 0.717) is 57.8 Å². The first-order chi connectivity index (χ1) is 18.9. The molecule has 198 valence electrons. The standard InChI is InChI=1S/C26H26N10O3/c1-5-21(37)18-13-27-23(31-22-9-10-36(26(38)32-22)16-12-29-34(2)14-16)11-20(18)30-19-8-6-7-17(24(19)39-4)25-28-15-35(3)33-25/h6-15H,5H2,1-4H3,(H2,27,30,31,32,38). The number of hydrogen-bond acceptors (Lipinski definition) is 10. The van der Waals surface area contributed by atoms with Crippen molar-refractivity contribution in [1.82, 2.24) is 39.1 Å². The lowest BCUT2D eigenvalue weighted by Gasteiger charge is -2.17. The summed E-state index contributed by atoms with van der Waals surface area (Å²) < 4.78 is 10.3. The van der Waals surface area contributed by atoms with Gasteiger partial charge in [-0.1, -0.05) is 13.0 Å². The van der Waals surface area contributed by atoms with Crippen LogP contribution < -0.4 is 21.1 Å². The number of carbonyl (C=O) groups is 1. The maximum absolute atomic E-state index is 12.7. The van der Waals surface area contributed by atoms with E-state index in [1.807, 2.05) is 18.2 Å². The molecule has 0 bridgehead atoms. The third kappa shape index (κ3) is 5.23. The molecular weight excluding hydrogens is 500 g/mol. The SMILES string of the molecule is CCC(=O)c1cnc(Nc2ccn(-c3cnn(C)c3)c(=O)n2)cc1Nc1cccc(-c2ncn(C)n2)c1OC. The Balaban J connectivity index is 1.48. The molecule has 1 aromatic carbocycles. The summed E-state index contributed by atoms with van der Waals surface area (Å²) in [6.45, 7) is 1.79. The average molecular weight is 527 g/mol. The molecule has 39 heavy (non-hydrogen) atoms. The van der Waals surface area contributed by atoms with Crippen LogP contribution >= 0.6 is 0 Å². The van der Waals surface area contributed by atoms with Gasteiger partial charge in [-0.05, 0) is 18.2 Å². The normalized spacial score (nSPS) is 10.9. The number of ketones is 1. The predicted molar refractivity (Wildman–Crippen MR) is 145 cm³/mol. The molecule has 0 saturated heterocycles. The van der Waals surface area contributed by atoms with Gasteiger partial charge in [-0.2, -0.15) is 15.2 Å². The number of nitrogens with zero attached hydrogens (tertiary/aromatic N) is 8. The Morgan fingerprint density at radius 1 is 1.03 bits per heavy atom. The van der Waals surface area contributed by atoms with Gasteiger partial charge in [-0.3, -0.25) is 18.7 Å². The molecule has 0 spiro atoms. The number of anilines is 4. The van der Waals surface area contributed by atoms with Crippen molar-refractivity contribution in [2.45, 2.75) is 13.3 Å². The Labute approximate surface area is 223 Å². The molecule has 13 heteroatoms. The highest BCUT2D eigenvalue weighted by Gasteiger charge is 2.18. The number of Topliss-reactive ketones (excluding diaryl/α,β-unsaturated/α-hetero) is 1. The van der Waals surface area contributed by atoms with Gasteiger partial charge < -0.3 is 15.4 Å². The molecule has 4 aromatic heterocycles. The summed E-state index contributed by atoms with van der Waals surface area (Å²) in [5.74, 6) is 1.62. The van der Waals surface area contributed by atoms with Crippen molar-refractivity contribution in [3.05, 3.63) is 77.5 Å². The topological polar surface area (TPSA) is 147 Å². The third-order valence-corrected chi connectivity index (χ3v) is 5.88. The lowest BCUT2D eigenvalue weighted by Crippen LogP contribution is -2.21. The van der Waals surface area contributed by atoms with E-state index in [2.05, 4.69) is 35.8 Å². The molecule has 0 fully saturated rings. The fourth-order valence-electron chi connectivity index (χ4n) is 4.01. The Kier molecular flexibility index (Phi) is 6.87. The molecule has 0 atom stereocenters. The van der Waals surface area contributed by atoms with Crippen LogP contribution in [0.4, 0.5) is 23.0 Å². The van der Waals surface area contributed by atoms with Crippen molar-refractivity contribution in [3.8, 4) is 22.8 Å². The minimum absolute atomic E-state index is 0.0877. The van der Waals surface area contributed by atoms with Gasteiger partial charge in [-0.25, -0.2) is 14.8 Å². The van der Waals surface area contributed by atoms with Gasteiger partial charge in [0.2, 0.25) is 0 Å². The number of hydrogen-bond donors (Lipinski definition) is 2. The van der Waals surface area contributed by atoms with E-state index in [4.69, 9.17) is 4.74 Å². The number of para-hydroxylation sites is 1. The molecule has 4 heterocycles. The lowest BCUT2D eigenvalue weighted by atomic mass is 10.1. The van der Waals surface area contributed by atoms with Gasteiger partial charge in [0.25, 0.3) is 0 Å². The van der Waals surface area contributed by atoms with E-state index in [9.17, 15) is 9.59 Å². The molecule has 0 aliphatic rings. The molecule has 0 unspecified atom stereocenters. The Morgan fingerprint density at radius 3 is 2.54 bits per heavy atom. The average Bonchev–Trinajstić information content (AvgIpc) is 3.56. The highest BCUT2D eigenvalue weighted by Crippen LogP contribution is 2.37. The number of carbonyl (C=O) groups excluding carboxylic acids is 1. The van der Waals surface area contributed by atoms with Crippen LogP contribution in [0.25, 0.3) is 17.1 Å². The Morgan fingerprint density at radius 2 is 1.87 bits per heavy atom. The maximum Gasteiger partial charge on any atom is 0.354 e. The van der Waals surface area contributed by atoms with E-state index in [0.717, 1.165) is 0 Å². The monoisotopic (exact) mass is 526 g/mol. The van der Waals surface area contributed by atoms with Gasteiger partial charge in [0.1, 0.15) is 18.0 Å². The summed E-state index contributed by atoms with van der Waals surface area (Å²) in [5.41, 5.74) is 2.34. The second-order valence-electron chi connectivity index (χ2n) is 8.61. The number of methoxy groups -OCH3 is 1. The number of aryl methyl sites for hydroxylation is 2. The van der Waals surface area contributed by atoms with Crippen molar-refractivity contribution >= 4 is 28.8 Å². The fraction of sp³-hybridized carbons (Fsp3) is 0.192. The zero-order valence-electron chi connectivity index (χ0n) is 21.8. The molecule has 5 rings (SSSR count). The predicted octanol–water partition coefficient (Wildman–Crippen LogP) is 3.25. The molecule has 0 radical (unpaired) electrons. The minimum atomic E-state index is -0.478. The zero-order valence-corrected chi connectivity index (χ0v) is 21.8. The number of pyridine rings is 1. The fourth-order valence-corrected chi connectivity index (χ4v) is 4.01. The Hall–Kier alpha value is -5.33. The molecule has 0 aliphatic carbocycles. The molecule has 0 amide bonds. The number of nitrogens with one attached hydrogen (secondary N) is 2. The largest absolute Gasteiger partial charge is 0.494 e. The molecule has 2 N–H and O–H groups in total. The van der Waals surface area contributed by atoms with Crippen molar-refractivity contribution in [3.63, 3.8) is 0 Å². The van der Waals surface area contributed by atoms with E-state index < -0.39 is 5.69 Å². The number of aromatic nitrogens is 8. The van der Waals surface area contributed by atoms with Crippen LogP contribution in [0, 0.1) is 0 Å². The molecular formula is C26H26N10O3. The summed E-state index contributed by atoms with van der Waals surface area (Å²) in [6.07, 6.45) is 8.29. The lowest BCUT2D eigenvalue weighted by molar-refractivity contribution is 0.0988. The summed E-state index contributed by atoms with van der Waals surface area (Å²) in [5, 5.41) is 14.8. The van der Waals surface area contributed by atoms with Gasteiger partial charge in [0.05, 0.1) is 41.5 Å². The van der Waals surface area contributed by atoms with Gasteiger partial charge in [0, 0.05) is 45.2 Å². The molecule has 13 nitrogen and oxygen atoms in total.